The summed E-state index contributed by atoms with van der Waals surface area (Å²) < 4.78 is 23.4. The number of piperazine rings is 1. The van der Waals surface area contributed by atoms with Crippen LogP contribution in [0.15, 0.2) is 18.3 Å². The van der Waals surface area contributed by atoms with Crippen molar-refractivity contribution in [2.45, 2.75) is 19.4 Å². The van der Waals surface area contributed by atoms with Crippen molar-refractivity contribution < 1.29 is 13.2 Å². The number of amides is 1. The average molecular weight is 366 g/mol. The Morgan fingerprint density at radius 2 is 2.00 bits per heavy atom. The predicted octanol–water partition coefficient (Wildman–Crippen LogP) is 0.483. The molecule has 0 radical (unpaired) electrons. The van der Waals surface area contributed by atoms with Crippen LogP contribution in [0.1, 0.15) is 23.7 Å². The van der Waals surface area contributed by atoms with Crippen molar-refractivity contribution in [1.29, 1.82) is 0 Å². The third-order valence-electron chi connectivity index (χ3n) is 5.07. The largest absolute Gasteiger partial charge is 0.354 e. The van der Waals surface area contributed by atoms with Gasteiger partial charge in [-0.25, -0.2) is 13.4 Å². The van der Waals surface area contributed by atoms with E-state index >= 15 is 0 Å². The Kier molecular flexibility index (Phi) is 5.29. The number of carbonyl (C=O) groups excluding carboxylic acids is 1. The number of aromatic nitrogens is 1. The molecule has 2 saturated heterocycles. The maximum Gasteiger partial charge on any atom is 0.255 e. The Hall–Kier alpha value is -1.67. The monoisotopic (exact) mass is 366 g/mol. The van der Waals surface area contributed by atoms with Crippen molar-refractivity contribution >= 4 is 21.6 Å². The van der Waals surface area contributed by atoms with Gasteiger partial charge in [-0.2, -0.15) is 0 Å². The van der Waals surface area contributed by atoms with E-state index in [1.807, 2.05) is 13.0 Å². The van der Waals surface area contributed by atoms with Gasteiger partial charge in [0.15, 0.2) is 9.84 Å². The van der Waals surface area contributed by atoms with E-state index < -0.39 is 9.84 Å². The zero-order valence-electron chi connectivity index (χ0n) is 14.9. The topological polar surface area (TPSA) is 73.8 Å². The maximum atomic E-state index is 12.8. The van der Waals surface area contributed by atoms with Crippen LogP contribution >= 0.6 is 0 Å². The first-order chi connectivity index (χ1) is 11.9. The lowest BCUT2D eigenvalue weighted by Crippen LogP contribution is -2.44. The summed E-state index contributed by atoms with van der Waals surface area (Å²) in [5.41, 5.74) is 0.518. The molecule has 3 rings (SSSR count). The molecule has 138 valence electrons. The van der Waals surface area contributed by atoms with E-state index in [0.29, 0.717) is 18.5 Å². The van der Waals surface area contributed by atoms with Crippen LogP contribution in [-0.4, -0.2) is 86.4 Å². The second-order valence-corrected chi connectivity index (χ2v) is 9.07. The van der Waals surface area contributed by atoms with Crippen molar-refractivity contribution in [3.8, 4) is 0 Å². The van der Waals surface area contributed by atoms with Crippen LogP contribution in [0.5, 0.6) is 0 Å². The van der Waals surface area contributed by atoms with Crippen LogP contribution in [0, 0.1) is 0 Å². The van der Waals surface area contributed by atoms with Gasteiger partial charge < -0.3 is 14.7 Å². The standard InChI is InChI=1S/C17H26N4O3S/c1-3-21(15-6-11-25(23,24)13-15)17(22)14-4-5-16(18-12-14)20-9-7-19(2)8-10-20/h4-5,12,15H,3,6-11,13H2,1-2H3. The smallest absolute Gasteiger partial charge is 0.255 e. The fraction of sp³-hybridized carbons (Fsp3) is 0.647. The summed E-state index contributed by atoms with van der Waals surface area (Å²) >= 11 is 0. The van der Waals surface area contributed by atoms with Gasteiger partial charge in [-0.1, -0.05) is 0 Å². The molecule has 1 amide bonds. The maximum absolute atomic E-state index is 12.8. The van der Waals surface area contributed by atoms with Crippen LogP contribution in [0.4, 0.5) is 5.82 Å². The van der Waals surface area contributed by atoms with E-state index in [0.717, 1.165) is 32.0 Å². The van der Waals surface area contributed by atoms with Crippen LogP contribution < -0.4 is 4.90 Å². The van der Waals surface area contributed by atoms with Crippen molar-refractivity contribution in [1.82, 2.24) is 14.8 Å². The zero-order chi connectivity index (χ0) is 18.0. The first kappa shape index (κ1) is 18.1. The summed E-state index contributed by atoms with van der Waals surface area (Å²) in [4.78, 5) is 23.4. The normalized spacial score (nSPS) is 23.6. The molecule has 7 nitrogen and oxygen atoms in total. The van der Waals surface area contributed by atoms with Gasteiger partial charge >= 0.3 is 0 Å². The van der Waals surface area contributed by atoms with E-state index in [9.17, 15) is 13.2 Å². The molecule has 0 saturated carbocycles. The Bertz CT molecular complexity index is 712. The molecule has 1 aromatic heterocycles. The molecule has 0 aliphatic carbocycles. The Balaban J connectivity index is 1.69. The van der Waals surface area contributed by atoms with E-state index in [1.54, 1.807) is 17.2 Å². The number of nitrogens with zero attached hydrogens (tertiary/aromatic N) is 4. The lowest BCUT2D eigenvalue weighted by atomic mass is 10.1. The first-order valence-electron chi connectivity index (χ1n) is 8.80. The summed E-state index contributed by atoms with van der Waals surface area (Å²) in [6.07, 6.45) is 2.14. The number of anilines is 1. The highest BCUT2D eigenvalue weighted by Gasteiger charge is 2.34. The van der Waals surface area contributed by atoms with Crippen molar-refractivity contribution in [3.05, 3.63) is 23.9 Å². The lowest BCUT2D eigenvalue weighted by Gasteiger charge is -2.33. The molecule has 0 spiro atoms. The molecule has 1 atom stereocenters. The van der Waals surface area contributed by atoms with E-state index in [4.69, 9.17) is 0 Å². The van der Waals surface area contributed by atoms with Gasteiger partial charge in [-0.3, -0.25) is 4.79 Å². The minimum atomic E-state index is -3.01. The SMILES string of the molecule is CCN(C(=O)c1ccc(N2CCN(C)CC2)nc1)C1CCS(=O)(=O)C1. The van der Waals surface area contributed by atoms with Gasteiger partial charge in [0, 0.05) is 45.0 Å². The first-order valence-corrected chi connectivity index (χ1v) is 10.6. The molecule has 25 heavy (non-hydrogen) atoms. The van der Waals surface area contributed by atoms with Crippen molar-refractivity contribution in [2.75, 3.05) is 56.2 Å². The van der Waals surface area contributed by atoms with Crippen molar-refractivity contribution in [3.63, 3.8) is 0 Å². The fourth-order valence-corrected chi connectivity index (χ4v) is 5.22. The number of hydrogen-bond acceptors (Lipinski definition) is 6. The molecule has 1 unspecified atom stereocenters. The summed E-state index contributed by atoms with van der Waals surface area (Å²) in [6.45, 7) is 6.24. The Morgan fingerprint density at radius 1 is 1.28 bits per heavy atom. The van der Waals surface area contributed by atoms with Gasteiger partial charge in [0.05, 0.1) is 17.1 Å². The highest BCUT2D eigenvalue weighted by Crippen LogP contribution is 2.21. The molecule has 0 bridgehead atoms. The molecule has 8 heteroatoms. The molecule has 2 aliphatic heterocycles. The summed E-state index contributed by atoms with van der Waals surface area (Å²) in [6, 6.07) is 3.46. The molecular formula is C17H26N4O3S. The molecule has 1 aromatic rings. The summed E-state index contributed by atoms with van der Waals surface area (Å²) in [7, 11) is -0.906. The highest BCUT2D eigenvalue weighted by atomic mass is 32.2. The number of hydrogen-bond donors (Lipinski definition) is 0. The van der Waals surface area contributed by atoms with E-state index in [2.05, 4.69) is 21.8 Å². The number of likely N-dealkylation sites (N-methyl/N-ethyl adjacent to an activating group) is 1. The lowest BCUT2D eigenvalue weighted by molar-refractivity contribution is 0.0708. The minimum absolute atomic E-state index is 0.0688. The predicted molar refractivity (Wildman–Crippen MR) is 97.7 cm³/mol. The van der Waals surface area contributed by atoms with E-state index in [-0.39, 0.29) is 23.5 Å². The second kappa shape index (κ2) is 7.29. The van der Waals surface area contributed by atoms with Crippen LogP contribution in [-0.2, 0) is 9.84 Å². The summed E-state index contributed by atoms with van der Waals surface area (Å²) in [5, 5.41) is 0. The Morgan fingerprint density at radius 3 is 2.52 bits per heavy atom. The van der Waals surface area contributed by atoms with Gasteiger partial charge in [-0.05, 0) is 32.5 Å². The average Bonchev–Trinajstić information content (AvgIpc) is 2.96. The molecule has 0 aromatic carbocycles. The quantitative estimate of drug-likeness (QED) is 0.772. The molecule has 2 aliphatic rings. The molecular weight excluding hydrogens is 340 g/mol. The number of carbonyl (C=O) groups is 1. The number of sulfone groups is 1. The van der Waals surface area contributed by atoms with Crippen LogP contribution in [0.3, 0.4) is 0 Å². The number of pyridine rings is 1. The molecule has 2 fully saturated rings. The third kappa shape index (κ3) is 4.12. The van der Waals surface area contributed by atoms with Gasteiger partial charge in [0.25, 0.3) is 5.91 Å². The number of rotatable bonds is 4. The fourth-order valence-electron chi connectivity index (χ4n) is 3.49. The molecule has 3 heterocycles. The van der Waals surface area contributed by atoms with Crippen molar-refractivity contribution in [2.24, 2.45) is 0 Å². The van der Waals surface area contributed by atoms with E-state index in [1.165, 1.54) is 0 Å². The Labute approximate surface area is 149 Å². The van der Waals surface area contributed by atoms with Gasteiger partial charge in [0.2, 0.25) is 0 Å². The highest BCUT2D eigenvalue weighted by molar-refractivity contribution is 7.91. The van der Waals surface area contributed by atoms with Crippen LogP contribution in [0.25, 0.3) is 0 Å². The van der Waals surface area contributed by atoms with Gasteiger partial charge in [0.1, 0.15) is 5.82 Å². The third-order valence-corrected chi connectivity index (χ3v) is 6.82. The minimum Gasteiger partial charge on any atom is -0.354 e. The zero-order valence-corrected chi connectivity index (χ0v) is 15.7. The summed E-state index contributed by atoms with van der Waals surface area (Å²) in [5.74, 6) is 0.986. The molecule has 0 N–H and O–H groups in total. The second-order valence-electron chi connectivity index (χ2n) is 6.84. The van der Waals surface area contributed by atoms with Crippen LogP contribution in [0.2, 0.25) is 0 Å². The van der Waals surface area contributed by atoms with Gasteiger partial charge in [-0.15, -0.1) is 0 Å².